The first-order valence-electron chi connectivity index (χ1n) is 18.8. The van der Waals surface area contributed by atoms with E-state index >= 15 is 0 Å². The van der Waals surface area contributed by atoms with Crippen LogP contribution < -0.4 is 20.9 Å². The van der Waals surface area contributed by atoms with Gasteiger partial charge in [0.25, 0.3) is 11.8 Å². The topological polar surface area (TPSA) is 123 Å². The average molecular weight is 743 g/mol. The maximum absolute atomic E-state index is 14.3. The number of para-hydroxylation sites is 1. The summed E-state index contributed by atoms with van der Waals surface area (Å²) in [6.45, 7) is 2.94. The normalized spacial score (nSPS) is 17.9. The van der Waals surface area contributed by atoms with Crippen LogP contribution in [0.15, 0.2) is 78.9 Å². The highest BCUT2D eigenvalue weighted by atomic mass is 35.5. The second-order valence-corrected chi connectivity index (χ2v) is 14.8. The van der Waals surface area contributed by atoms with E-state index in [0.717, 1.165) is 49.0 Å². The first kappa shape index (κ1) is 38.3. The lowest BCUT2D eigenvalue weighted by atomic mass is 9.85. The second kappa shape index (κ2) is 18.1. The van der Waals surface area contributed by atoms with Crippen molar-refractivity contribution in [2.24, 2.45) is 0 Å². The third-order valence-electron chi connectivity index (χ3n) is 10.8. The standard InChI is InChI=1S/C41H51ClN6O5/c1-53-25-22-43-27-31-12-16-32(17-13-31)38(50)45-36(26-30-14-18-33(42)19-15-30)39(51)46-23-20-41(21-24-46)40(52)47(29-48(41)35-10-6-3-7-11-35)28-37(49)44-34-8-4-2-5-9-34/h3,6-7,10-19,34,36,43H,2,4-5,8-9,20-29H2,1H3,(H,44,49)(H,45,50)/t36-/m1/s1. The smallest absolute Gasteiger partial charge is 0.251 e. The number of carbonyl (C=O) groups excluding carboxylic acids is 4. The van der Waals surface area contributed by atoms with Crippen LogP contribution in [0.25, 0.3) is 0 Å². The molecule has 12 heteroatoms. The van der Waals surface area contributed by atoms with Crippen molar-refractivity contribution in [1.29, 1.82) is 0 Å². The van der Waals surface area contributed by atoms with Gasteiger partial charge in [0.15, 0.2) is 0 Å². The number of amides is 4. The third-order valence-corrected chi connectivity index (χ3v) is 11.0. The van der Waals surface area contributed by atoms with Gasteiger partial charge in [-0.1, -0.05) is 73.3 Å². The van der Waals surface area contributed by atoms with E-state index in [-0.39, 0.29) is 42.6 Å². The first-order chi connectivity index (χ1) is 25.8. The van der Waals surface area contributed by atoms with Crippen LogP contribution in [-0.2, 0) is 32.1 Å². The van der Waals surface area contributed by atoms with Crippen LogP contribution in [0.2, 0.25) is 5.02 Å². The Labute approximate surface area is 317 Å². The highest BCUT2D eigenvalue weighted by molar-refractivity contribution is 6.30. The maximum Gasteiger partial charge on any atom is 0.251 e. The van der Waals surface area contributed by atoms with Crippen molar-refractivity contribution < 1.29 is 23.9 Å². The van der Waals surface area contributed by atoms with Crippen molar-refractivity contribution in [2.45, 2.75) is 75.5 Å². The molecule has 1 aliphatic carbocycles. The summed E-state index contributed by atoms with van der Waals surface area (Å²) in [5, 5.41) is 10.1. The van der Waals surface area contributed by atoms with Crippen LogP contribution >= 0.6 is 11.6 Å². The molecule has 3 aromatic carbocycles. The molecule has 53 heavy (non-hydrogen) atoms. The molecule has 11 nitrogen and oxygen atoms in total. The zero-order valence-corrected chi connectivity index (χ0v) is 31.3. The van der Waals surface area contributed by atoms with Gasteiger partial charge in [0.2, 0.25) is 11.8 Å². The van der Waals surface area contributed by atoms with Crippen LogP contribution in [0.4, 0.5) is 5.69 Å². The quantitative estimate of drug-likeness (QED) is 0.208. The molecule has 2 saturated heterocycles. The molecule has 4 amide bonds. The number of nitrogens with one attached hydrogen (secondary N) is 3. The van der Waals surface area contributed by atoms with Gasteiger partial charge in [0.1, 0.15) is 18.1 Å². The molecule has 1 saturated carbocycles. The lowest BCUT2D eigenvalue weighted by Crippen LogP contribution is -2.60. The molecule has 0 radical (unpaired) electrons. The number of nitrogens with zero attached hydrogens (tertiary/aromatic N) is 3. The number of hydrogen-bond donors (Lipinski definition) is 3. The molecule has 0 aromatic heterocycles. The minimum atomic E-state index is -0.891. The fourth-order valence-electron chi connectivity index (χ4n) is 7.81. The average Bonchev–Trinajstić information content (AvgIpc) is 3.44. The number of ether oxygens (including phenoxy) is 1. The van der Waals surface area contributed by atoms with E-state index in [1.165, 1.54) is 6.42 Å². The Bertz CT molecular complexity index is 1690. The number of likely N-dealkylation sites (tertiary alicyclic amines) is 1. The molecule has 3 N–H and O–H groups in total. The Morgan fingerprint density at radius 3 is 2.26 bits per heavy atom. The summed E-state index contributed by atoms with van der Waals surface area (Å²) in [7, 11) is 1.66. The van der Waals surface area contributed by atoms with Crippen molar-refractivity contribution >= 4 is 40.9 Å². The van der Waals surface area contributed by atoms with Crippen LogP contribution in [-0.4, -0.2) is 97.6 Å². The molecule has 1 spiro atoms. The van der Waals surface area contributed by atoms with Crippen molar-refractivity contribution in [2.75, 3.05) is 51.5 Å². The van der Waals surface area contributed by atoms with E-state index in [1.54, 1.807) is 41.2 Å². The van der Waals surface area contributed by atoms with E-state index < -0.39 is 11.6 Å². The summed E-state index contributed by atoms with van der Waals surface area (Å²) in [5.41, 5.74) is 2.36. The minimum absolute atomic E-state index is 0.00354. The SMILES string of the molecule is COCCNCc1ccc(C(=O)N[C@H](Cc2ccc(Cl)cc2)C(=O)N2CCC3(CC2)C(=O)N(CC(=O)NC2CCCCC2)CN3c2ccccc2)cc1. The van der Waals surface area contributed by atoms with Gasteiger partial charge >= 0.3 is 0 Å². The molecular weight excluding hydrogens is 692 g/mol. The van der Waals surface area contributed by atoms with Crippen molar-refractivity contribution in [3.8, 4) is 0 Å². The molecule has 3 fully saturated rings. The van der Waals surface area contributed by atoms with E-state index in [9.17, 15) is 19.2 Å². The molecular formula is C41H51ClN6O5. The predicted molar refractivity (Wildman–Crippen MR) is 205 cm³/mol. The highest BCUT2D eigenvalue weighted by Crippen LogP contribution is 2.39. The number of halogens is 1. The number of methoxy groups -OCH3 is 1. The Balaban J connectivity index is 1.15. The Morgan fingerprint density at radius 1 is 0.906 bits per heavy atom. The highest BCUT2D eigenvalue weighted by Gasteiger charge is 2.54. The van der Waals surface area contributed by atoms with Gasteiger partial charge < -0.3 is 35.4 Å². The molecule has 0 bridgehead atoms. The molecule has 1 atom stereocenters. The lowest BCUT2D eigenvalue weighted by Gasteiger charge is -2.44. The Morgan fingerprint density at radius 2 is 1.58 bits per heavy atom. The van der Waals surface area contributed by atoms with E-state index in [1.807, 2.05) is 54.6 Å². The molecule has 0 unspecified atom stereocenters. The summed E-state index contributed by atoms with van der Waals surface area (Å²) < 4.78 is 5.08. The fourth-order valence-corrected chi connectivity index (χ4v) is 7.94. The molecule has 2 aliphatic heterocycles. The fraction of sp³-hybridized carbons (Fsp3) is 0.463. The largest absolute Gasteiger partial charge is 0.383 e. The molecule has 2 heterocycles. The van der Waals surface area contributed by atoms with Crippen molar-refractivity contribution in [3.63, 3.8) is 0 Å². The van der Waals surface area contributed by atoms with Crippen LogP contribution in [0, 0.1) is 0 Å². The van der Waals surface area contributed by atoms with Gasteiger partial charge in [-0.05, 0) is 73.2 Å². The zero-order chi connectivity index (χ0) is 37.2. The molecule has 282 valence electrons. The molecule has 3 aromatic rings. The molecule has 6 rings (SSSR count). The maximum atomic E-state index is 14.3. The monoisotopic (exact) mass is 742 g/mol. The number of hydrogen-bond acceptors (Lipinski definition) is 7. The summed E-state index contributed by atoms with van der Waals surface area (Å²) >= 11 is 6.15. The third kappa shape index (κ3) is 9.57. The summed E-state index contributed by atoms with van der Waals surface area (Å²) in [4.78, 5) is 60.9. The van der Waals surface area contributed by atoms with Crippen molar-refractivity contribution in [1.82, 2.24) is 25.8 Å². The number of benzene rings is 3. The van der Waals surface area contributed by atoms with Crippen LogP contribution in [0.1, 0.15) is 66.4 Å². The summed E-state index contributed by atoms with van der Waals surface area (Å²) in [6.07, 6.45) is 6.44. The Kier molecular flexibility index (Phi) is 13.0. The molecule has 3 aliphatic rings. The minimum Gasteiger partial charge on any atom is -0.383 e. The Hall–Kier alpha value is -4.45. The van der Waals surface area contributed by atoms with Crippen LogP contribution in [0.3, 0.4) is 0 Å². The summed E-state index contributed by atoms with van der Waals surface area (Å²) in [6, 6.07) is 23.7. The van der Waals surface area contributed by atoms with Gasteiger partial charge in [0, 0.05) is 62.0 Å². The van der Waals surface area contributed by atoms with Crippen LogP contribution in [0.5, 0.6) is 0 Å². The number of piperidine rings is 1. The first-order valence-corrected chi connectivity index (χ1v) is 19.2. The van der Waals surface area contributed by atoms with E-state index in [0.29, 0.717) is 56.3 Å². The lowest BCUT2D eigenvalue weighted by molar-refractivity contribution is -0.140. The van der Waals surface area contributed by atoms with Gasteiger partial charge in [-0.25, -0.2) is 0 Å². The zero-order valence-electron chi connectivity index (χ0n) is 30.5. The van der Waals surface area contributed by atoms with Crippen molar-refractivity contribution in [3.05, 3.63) is 101 Å². The van der Waals surface area contributed by atoms with E-state index in [2.05, 4.69) is 20.9 Å². The number of anilines is 1. The summed E-state index contributed by atoms with van der Waals surface area (Å²) in [5.74, 6) is -0.761. The predicted octanol–water partition coefficient (Wildman–Crippen LogP) is 4.53. The number of rotatable bonds is 14. The number of carbonyl (C=O) groups is 4. The van der Waals surface area contributed by atoms with Gasteiger partial charge in [-0.15, -0.1) is 0 Å². The van der Waals surface area contributed by atoms with Gasteiger partial charge in [0.05, 0.1) is 13.3 Å². The van der Waals surface area contributed by atoms with Gasteiger partial charge in [-0.2, -0.15) is 0 Å². The van der Waals surface area contributed by atoms with E-state index in [4.69, 9.17) is 16.3 Å². The van der Waals surface area contributed by atoms with Gasteiger partial charge in [-0.3, -0.25) is 19.2 Å². The second-order valence-electron chi connectivity index (χ2n) is 14.4.